The third-order valence-corrected chi connectivity index (χ3v) is 6.59. The van der Waals surface area contributed by atoms with E-state index in [0.29, 0.717) is 23.7 Å². The molecule has 0 aromatic heterocycles. The topological polar surface area (TPSA) is 102 Å². The number of nitrogens with one attached hydrogen (secondary N) is 1. The molecule has 0 aromatic rings. The van der Waals surface area contributed by atoms with Crippen LogP contribution in [0.5, 0.6) is 0 Å². The average Bonchev–Trinajstić information content (AvgIpc) is 2.64. The van der Waals surface area contributed by atoms with E-state index in [4.69, 9.17) is 9.47 Å². The third kappa shape index (κ3) is 13.0. The number of carbonyl (C=O) groups excluding carboxylic acids is 3. The lowest BCUT2D eigenvalue weighted by atomic mass is 10.2. The Morgan fingerprint density at radius 1 is 0.828 bits per heavy atom. The van der Waals surface area contributed by atoms with E-state index in [2.05, 4.69) is 22.9 Å². The van der Waals surface area contributed by atoms with Gasteiger partial charge in [0.05, 0.1) is 0 Å². The predicted octanol–water partition coefficient (Wildman–Crippen LogP) is 1.08. The molecule has 0 rings (SSSR count). The van der Waals surface area contributed by atoms with Gasteiger partial charge in [-0.25, -0.2) is 9.59 Å². The van der Waals surface area contributed by atoms with Crippen molar-refractivity contribution in [2.24, 2.45) is 0 Å². The number of ether oxygens (including phenoxy) is 2. The molecule has 0 heterocycles. The van der Waals surface area contributed by atoms with Crippen molar-refractivity contribution in [2.75, 3.05) is 43.1 Å². The van der Waals surface area contributed by atoms with Crippen LogP contribution in [0.15, 0.2) is 0 Å². The van der Waals surface area contributed by atoms with Crippen LogP contribution in [0, 0.1) is 0 Å². The number of amides is 1. The van der Waals surface area contributed by atoms with Crippen molar-refractivity contribution in [1.82, 2.24) is 5.32 Å². The summed E-state index contributed by atoms with van der Waals surface area (Å²) in [6.07, 6.45) is 2.97. The summed E-state index contributed by atoms with van der Waals surface area (Å²) in [5, 5.41) is 12.5. The van der Waals surface area contributed by atoms with Gasteiger partial charge in [0.2, 0.25) is 0 Å². The van der Waals surface area contributed by atoms with E-state index in [1.165, 1.54) is 7.05 Å². The molecule has 0 aliphatic heterocycles. The van der Waals surface area contributed by atoms with Gasteiger partial charge in [-0.2, -0.15) is 31.5 Å². The first-order valence-corrected chi connectivity index (χ1v) is 15.0. The van der Waals surface area contributed by atoms with Crippen molar-refractivity contribution in [3.05, 3.63) is 0 Å². The Balaban J connectivity index is 5.18. The smallest absolute Gasteiger partial charge is 0.348 e. The monoisotopic (exact) mass is 469 g/mol. The SMILES string of the molecule is C=S(C)CCC(O)C(=O)OC(CCS(=C)C)C(=O)OC(CCS(=C)C)C(=O)NC. The van der Waals surface area contributed by atoms with Gasteiger partial charge in [0, 0.05) is 19.9 Å². The number of esters is 2. The molecule has 0 spiro atoms. The minimum absolute atomic E-state index is 0.163. The van der Waals surface area contributed by atoms with E-state index in [1.807, 2.05) is 18.8 Å². The molecule has 2 N–H and O–H groups in total. The molecule has 0 aliphatic rings. The summed E-state index contributed by atoms with van der Waals surface area (Å²) in [7, 11) is 0.903. The molecule has 0 saturated carbocycles. The molecule has 10 heteroatoms. The zero-order valence-corrected chi connectivity index (χ0v) is 20.3. The molecule has 0 saturated heterocycles. The Morgan fingerprint density at radius 3 is 1.69 bits per heavy atom. The van der Waals surface area contributed by atoms with Gasteiger partial charge in [-0.1, -0.05) is 17.6 Å². The van der Waals surface area contributed by atoms with Crippen molar-refractivity contribution < 1.29 is 29.0 Å². The van der Waals surface area contributed by atoms with Crippen LogP contribution in [0.25, 0.3) is 0 Å². The van der Waals surface area contributed by atoms with Crippen molar-refractivity contribution in [2.45, 2.75) is 37.6 Å². The van der Waals surface area contributed by atoms with E-state index in [-0.39, 0.29) is 44.3 Å². The molecule has 0 aromatic carbocycles. The van der Waals surface area contributed by atoms with Crippen LogP contribution in [0.2, 0.25) is 0 Å². The highest BCUT2D eigenvalue weighted by molar-refractivity contribution is 8.13. The zero-order chi connectivity index (χ0) is 22.6. The standard InChI is InChI=1S/C19H35NO6S3/c1-20-17(22)15(9-12-28(4)5)25-19(24)16(10-13-29(6)7)26-18(23)14(21)8-11-27(2)3/h14-16,21H,2,4,6,8-13H2,1,3,5,7H3,(H,20,22). The fourth-order valence-electron chi connectivity index (χ4n) is 2.11. The van der Waals surface area contributed by atoms with E-state index >= 15 is 0 Å². The lowest BCUT2D eigenvalue weighted by Gasteiger charge is -2.22. The van der Waals surface area contributed by atoms with Gasteiger partial charge in [-0.05, 0) is 42.4 Å². The normalized spacial score (nSPS) is 17.3. The average molecular weight is 470 g/mol. The van der Waals surface area contributed by atoms with E-state index in [0.717, 1.165) is 0 Å². The Bertz CT molecular complexity index is 637. The molecule has 7 nitrogen and oxygen atoms in total. The zero-order valence-electron chi connectivity index (χ0n) is 17.8. The van der Waals surface area contributed by atoms with Gasteiger partial charge in [0.1, 0.15) is 0 Å². The first-order valence-electron chi connectivity index (χ1n) is 9.05. The maximum Gasteiger partial charge on any atom is 0.348 e. The van der Waals surface area contributed by atoms with Gasteiger partial charge < -0.3 is 19.9 Å². The van der Waals surface area contributed by atoms with Gasteiger partial charge in [0.15, 0.2) is 18.3 Å². The fourth-order valence-corrected chi connectivity index (χ4v) is 3.97. The van der Waals surface area contributed by atoms with Gasteiger partial charge in [-0.3, -0.25) is 4.79 Å². The summed E-state index contributed by atoms with van der Waals surface area (Å²) >= 11 is 0. The van der Waals surface area contributed by atoms with Crippen LogP contribution in [0.3, 0.4) is 0 Å². The molecular weight excluding hydrogens is 434 g/mol. The van der Waals surface area contributed by atoms with E-state index in [1.54, 1.807) is 0 Å². The molecular formula is C19H35NO6S3. The number of hydrogen-bond donors (Lipinski definition) is 2. The number of hydrogen-bond acceptors (Lipinski definition) is 6. The summed E-state index contributed by atoms with van der Waals surface area (Å²) in [5.41, 5.74) is 0. The minimum atomic E-state index is -1.33. The van der Waals surface area contributed by atoms with Crippen molar-refractivity contribution in [1.29, 1.82) is 0 Å². The molecule has 6 atom stereocenters. The highest BCUT2D eigenvalue weighted by Gasteiger charge is 2.31. The summed E-state index contributed by atoms with van der Waals surface area (Å²) in [6, 6.07) is 0. The van der Waals surface area contributed by atoms with Crippen LogP contribution in [0.4, 0.5) is 0 Å². The summed E-state index contributed by atoms with van der Waals surface area (Å²) in [5.74, 6) is 11.3. The van der Waals surface area contributed by atoms with Crippen LogP contribution in [-0.4, -0.2) is 102 Å². The Hall–Kier alpha value is -0.970. The Morgan fingerprint density at radius 2 is 1.24 bits per heavy atom. The maximum absolute atomic E-state index is 12.7. The molecule has 1 amide bonds. The molecule has 6 unspecified atom stereocenters. The number of rotatable bonds is 14. The molecule has 0 bridgehead atoms. The second-order valence-corrected chi connectivity index (χ2v) is 12.7. The second kappa shape index (κ2) is 14.9. The molecule has 0 radical (unpaired) electrons. The number of likely N-dealkylation sites (N-methyl/N-ethyl adjacent to an activating group) is 1. The predicted molar refractivity (Wildman–Crippen MR) is 130 cm³/mol. The fraction of sp³-hybridized carbons (Fsp3) is 0.684. The maximum atomic E-state index is 12.7. The minimum Gasteiger partial charge on any atom is -0.449 e. The van der Waals surface area contributed by atoms with Crippen LogP contribution in [-0.2, 0) is 23.9 Å². The molecule has 0 fully saturated rings. The first-order chi connectivity index (χ1) is 13.5. The van der Waals surface area contributed by atoms with Crippen LogP contribution < -0.4 is 5.32 Å². The van der Waals surface area contributed by atoms with E-state index < -0.39 is 36.2 Å². The number of aliphatic hydroxyl groups excluding tert-OH is 1. The van der Waals surface area contributed by atoms with Crippen molar-refractivity contribution >= 4 is 66.9 Å². The first kappa shape index (κ1) is 28.0. The lowest BCUT2D eigenvalue weighted by molar-refractivity contribution is -0.177. The molecule has 29 heavy (non-hydrogen) atoms. The molecule has 0 aliphatic carbocycles. The van der Waals surface area contributed by atoms with Crippen LogP contribution in [0.1, 0.15) is 19.3 Å². The second-order valence-electron chi connectivity index (χ2n) is 6.80. The lowest BCUT2D eigenvalue weighted by Crippen LogP contribution is -2.41. The molecule has 170 valence electrons. The summed E-state index contributed by atoms with van der Waals surface area (Å²) < 4.78 is 10.6. The van der Waals surface area contributed by atoms with Crippen molar-refractivity contribution in [3.8, 4) is 0 Å². The Labute approximate surface area is 181 Å². The number of aliphatic hydroxyl groups is 1. The number of carbonyl (C=O) groups is 3. The third-order valence-electron chi connectivity index (χ3n) is 3.79. The largest absolute Gasteiger partial charge is 0.449 e. The highest BCUT2D eigenvalue weighted by Crippen LogP contribution is 2.16. The quantitative estimate of drug-likeness (QED) is 0.292. The van der Waals surface area contributed by atoms with E-state index in [9.17, 15) is 19.5 Å². The van der Waals surface area contributed by atoms with Gasteiger partial charge in [0.25, 0.3) is 5.91 Å². The van der Waals surface area contributed by atoms with Crippen LogP contribution >= 0.6 is 31.5 Å². The van der Waals surface area contributed by atoms with Crippen molar-refractivity contribution in [3.63, 3.8) is 0 Å². The van der Waals surface area contributed by atoms with Gasteiger partial charge in [-0.15, -0.1) is 0 Å². The van der Waals surface area contributed by atoms with Gasteiger partial charge >= 0.3 is 11.9 Å². The Kier molecular flexibility index (Phi) is 14.4. The highest BCUT2D eigenvalue weighted by atomic mass is 32.2. The summed E-state index contributed by atoms with van der Waals surface area (Å²) in [4.78, 5) is 36.9. The summed E-state index contributed by atoms with van der Waals surface area (Å²) in [6.45, 7) is 0.